The molecule has 1 aliphatic heterocycles. The van der Waals surface area contributed by atoms with Crippen molar-refractivity contribution in [2.45, 2.75) is 38.6 Å². The van der Waals surface area contributed by atoms with Gasteiger partial charge in [-0.1, -0.05) is 6.92 Å². The molecule has 1 saturated heterocycles. The number of nitrogens with zero attached hydrogens (tertiary/aromatic N) is 3. The lowest BCUT2D eigenvalue weighted by molar-refractivity contribution is 0.154. The molecule has 4 nitrogen and oxygen atoms in total. The van der Waals surface area contributed by atoms with Gasteiger partial charge in [-0.05, 0) is 65.8 Å². The minimum atomic E-state index is -0.366. The van der Waals surface area contributed by atoms with E-state index in [1.807, 2.05) is 6.92 Å². The quantitative estimate of drug-likeness (QED) is 0.759. The first-order valence-electron chi connectivity index (χ1n) is 7.52. The maximum absolute atomic E-state index is 9.25. The van der Waals surface area contributed by atoms with E-state index in [9.17, 15) is 5.26 Å². The van der Waals surface area contributed by atoms with Crippen LogP contribution in [0.1, 0.15) is 33.1 Å². The zero-order valence-electron chi connectivity index (χ0n) is 13.1. The average Bonchev–Trinajstić information content (AvgIpc) is 2.38. The molecular formula is C15H30N4. The van der Waals surface area contributed by atoms with Crippen LogP contribution in [0, 0.1) is 17.2 Å². The van der Waals surface area contributed by atoms with Gasteiger partial charge in [-0.15, -0.1) is 0 Å². The third-order valence-electron chi connectivity index (χ3n) is 4.07. The van der Waals surface area contributed by atoms with Crippen LogP contribution >= 0.6 is 0 Å². The van der Waals surface area contributed by atoms with E-state index in [1.165, 1.54) is 32.5 Å². The third kappa shape index (κ3) is 5.90. The summed E-state index contributed by atoms with van der Waals surface area (Å²) in [7, 11) is 4.31. The van der Waals surface area contributed by atoms with Crippen LogP contribution in [0.25, 0.3) is 0 Å². The number of hydrogen-bond acceptors (Lipinski definition) is 4. The summed E-state index contributed by atoms with van der Waals surface area (Å²) in [5.41, 5.74) is -0.366. The van der Waals surface area contributed by atoms with Crippen molar-refractivity contribution in [3.63, 3.8) is 0 Å². The van der Waals surface area contributed by atoms with Crippen LogP contribution in [-0.2, 0) is 0 Å². The largest absolute Gasteiger partial charge is 0.309 e. The molecule has 4 heteroatoms. The van der Waals surface area contributed by atoms with Crippen molar-refractivity contribution in [1.82, 2.24) is 15.1 Å². The van der Waals surface area contributed by atoms with E-state index < -0.39 is 0 Å². The van der Waals surface area contributed by atoms with Gasteiger partial charge >= 0.3 is 0 Å². The number of nitrogens with one attached hydrogen (secondary N) is 1. The van der Waals surface area contributed by atoms with Gasteiger partial charge in [0.2, 0.25) is 0 Å². The zero-order valence-corrected chi connectivity index (χ0v) is 13.1. The molecule has 0 bridgehead atoms. The van der Waals surface area contributed by atoms with E-state index >= 15 is 0 Å². The highest BCUT2D eigenvalue weighted by Gasteiger charge is 2.25. The van der Waals surface area contributed by atoms with Crippen molar-refractivity contribution in [2.24, 2.45) is 5.92 Å². The Morgan fingerprint density at radius 1 is 1.37 bits per heavy atom. The van der Waals surface area contributed by atoms with E-state index in [2.05, 4.69) is 42.2 Å². The van der Waals surface area contributed by atoms with Crippen molar-refractivity contribution in [3.05, 3.63) is 0 Å². The number of hydrogen-bond donors (Lipinski definition) is 1. The molecule has 1 rings (SSSR count). The Morgan fingerprint density at radius 3 is 2.47 bits per heavy atom. The van der Waals surface area contributed by atoms with Gasteiger partial charge < -0.3 is 9.80 Å². The first kappa shape index (κ1) is 16.4. The molecule has 0 aromatic carbocycles. The fourth-order valence-corrected chi connectivity index (χ4v) is 2.86. The molecular weight excluding hydrogens is 236 g/mol. The van der Waals surface area contributed by atoms with Gasteiger partial charge in [0.1, 0.15) is 5.54 Å². The Morgan fingerprint density at radius 2 is 2.00 bits per heavy atom. The number of rotatable bonds is 7. The Labute approximate surface area is 118 Å². The number of piperidine rings is 1. The van der Waals surface area contributed by atoms with Crippen molar-refractivity contribution in [2.75, 3.05) is 46.8 Å². The van der Waals surface area contributed by atoms with Gasteiger partial charge in [-0.2, -0.15) is 5.26 Å². The van der Waals surface area contributed by atoms with Crippen LogP contribution in [0.5, 0.6) is 0 Å². The zero-order chi connectivity index (χ0) is 14.3. The van der Waals surface area contributed by atoms with Crippen LogP contribution in [-0.4, -0.2) is 62.2 Å². The molecule has 1 fully saturated rings. The summed E-state index contributed by atoms with van der Waals surface area (Å²) < 4.78 is 0. The number of nitriles is 1. The minimum Gasteiger partial charge on any atom is -0.309 e. The standard InChI is InChI=1S/C15H30N4/c1-5-17-15(2,13-16)8-11-19-9-6-14(7-10-19)12-18(3)4/h14,17H,5-12H2,1-4H3. The molecule has 19 heavy (non-hydrogen) atoms. The summed E-state index contributed by atoms with van der Waals surface area (Å²) in [5.74, 6) is 0.849. The van der Waals surface area contributed by atoms with Crippen LogP contribution in [0.4, 0.5) is 0 Å². The van der Waals surface area contributed by atoms with Crippen LogP contribution < -0.4 is 5.32 Å². The molecule has 1 atom stereocenters. The fraction of sp³-hybridized carbons (Fsp3) is 0.933. The van der Waals surface area contributed by atoms with Gasteiger partial charge in [0.25, 0.3) is 0 Å². The van der Waals surface area contributed by atoms with Crippen LogP contribution in [0.15, 0.2) is 0 Å². The average molecular weight is 266 g/mol. The SMILES string of the molecule is CCNC(C)(C#N)CCN1CCC(CN(C)C)CC1. The number of likely N-dealkylation sites (tertiary alicyclic amines) is 1. The second kappa shape index (κ2) is 7.84. The van der Waals surface area contributed by atoms with E-state index in [1.54, 1.807) is 0 Å². The van der Waals surface area contributed by atoms with Crippen molar-refractivity contribution in [3.8, 4) is 6.07 Å². The molecule has 1 unspecified atom stereocenters. The van der Waals surface area contributed by atoms with E-state index in [4.69, 9.17) is 0 Å². The van der Waals surface area contributed by atoms with Gasteiger partial charge in [-0.25, -0.2) is 0 Å². The highest BCUT2D eigenvalue weighted by molar-refractivity contribution is 5.03. The van der Waals surface area contributed by atoms with Crippen LogP contribution in [0.3, 0.4) is 0 Å². The summed E-state index contributed by atoms with van der Waals surface area (Å²) in [5, 5.41) is 12.5. The lowest BCUT2D eigenvalue weighted by Crippen LogP contribution is -2.45. The van der Waals surface area contributed by atoms with Gasteiger partial charge in [-0.3, -0.25) is 5.32 Å². The molecule has 0 amide bonds. The summed E-state index contributed by atoms with van der Waals surface area (Å²) >= 11 is 0. The molecule has 0 aliphatic carbocycles. The van der Waals surface area contributed by atoms with Gasteiger partial charge in [0, 0.05) is 13.1 Å². The first-order valence-corrected chi connectivity index (χ1v) is 7.52. The molecule has 0 radical (unpaired) electrons. The molecule has 0 saturated carbocycles. The smallest absolute Gasteiger partial charge is 0.105 e. The predicted molar refractivity (Wildman–Crippen MR) is 80.0 cm³/mol. The summed E-state index contributed by atoms with van der Waals surface area (Å²) in [6, 6.07) is 2.41. The maximum Gasteiger partial charge on any atom is 0.105 e. The van der Waals surface area contributed by atoms with E-state index in [-0.39, 0.29) is 5.54 Å². The fourth-order valence-electron chi connectivity index (χ4n) is 2.86. The molecule has 1 heterocycles. The first-order chi connectivity index (χ1) is 8.99. The van der Waals surface area contributed by atoms with Crippen molar-refractivity contribution in [1.29, 1.82) is 5.26 Å². The lowest BCUT2D eigenvalue weighted by atomic mass is 9.94. The highest BCUT2D eigenvalue weighted by atomic mass is 15.1. The molecule has 0 spiro atoms. The second-order valence-electron chi connectivity index (χ2n) is 6.27. The Bertz CT molecular complexity index is 289. The maximum atomic E-state index is 9.25. The normalized spacial score (nSPS) is 21.3. The molecule has 110 valence electrons. The monoisotopic (exact) mass is 266 g/mol. The highest BCUT2D eigenvalue weighted by Crippen LogP contribution is 2.19. The molecule has 1 aliphatic rings. The summed E-state index contributed by atoms with van der Waals surface area (Å²) in [6.07, 6.45) is 3.50. The Hall–Kier alpha value is -0.630. The molecule has 1 N–H and O–H groups in total. The van der Waals surface area contributed by atoms with E-state index in [0.717, 1.165) is 25.4 Å². The Kier molecular flexibility index (Phi) is 6.78. The molecule has 0 aromatic heterocycles. The summed E-state index contributed by atoms with van der Waals surface area (Å²) in [6.45, 7) is 9.54. The van der Waals surface area contributed by atoms with Gasteiger partial charge in [0.05, 0.1) is 6.07 Å². The lowest BCUT2D eigenvalue weighted by Gasteiger charge is -2.34. The van der Waals surface area contributed by atoms with Crippen molar-refractivity contribution < 1.29 is 0 Å². The topological polar surface area (TPSA) is 42.3 Å². The predicted octanol–water partition coefficient (Wildman–Crippen LogP) is 1.54. The van der Waals surface area contributed by atoms with E-state index in [0.29, 0.717) is 0 Å². The van der Waals surface area contributed by atoms with Crippen LogP contribution in [0.2, 0.25) is 0 Å². The van der Waals surface area contributed by atoms with Crippen molar-refractivity contribution >= 4 is 0 Å². The second-order valence-corrected chi connectivity index (χ2v) is 6.27. The van der Waals surface area contributed by atoms with Gasteiger partial charge in [0.15, 0.2) is 0 Å². The minimum absolute atomic E-state index is 0.366. The molecule has 0 aromatic rings. The summed E-state index contributed by atoms with van der Waals surface area (Å²) in [4.78, 5) is 4.80. The Balaban J connectivity index is 2.28. The third-order valence-corrected chi connectivity index (χ3v) is 4.07.